The molecule has 5 rings (SSSR count). The van der Waals surface area contributed by atoms with Crippen LogP contribution < -0.4 is 18.9 Å². The summed E-state index contributed by atoms with van der Waals surface area (Å²) in [4.78, 5) is 12.8. The predicted molar refractivity (Wildman–Crippen MR) is 153 cm³/mol. The van der Waals surface area contributed by atoms with Crippen LogP contribution in [-0.2, 0) is 35.6 Å². The molecule has 206 valence electrons. The van der Waals surface area contributed by atoms with Crippen molar-refractivity contribution in [1.82, 2.24) is 0 Å². The number of benzene rings is 4. The first-order valence-electron chi connectivity index (χ1n) is 14.8. The molecule has 1 aliphatic rings. The Morgan fingerprint density at radius 2 is 1.25 bits per heavy atom. The molecule has 40 heavy (non-hydrogen) atoms. The first kappa shape index (κ1) is 23.4. The van der Waals surface area contributed by atoms with Gasteiger partial charge in [-0.25, -0.2) is 0 Å². The van der Waals surface area contributed by atoms with Crippen molar-refractivity contribution >= 4 is 5.97 Å². The summed E-state index contributed by atoms with van der Waals surface area (Å²) in [7, 11) is -1.06. The van der Waals surface area contributed by atoms with Gasteiger partial charge in [0.1, 0.15) is 13.2 Å². The van der Waals surface area contributed by atoms with Gasteiger partial charge in [-0.2, -0.15) is 0 Å². The molecule has 2 atom stereocenters. The number of ether oxygens (including phenoxy) is 5. The van der Waals surface area contributed by atoms with E-state index in [1.165, 1.54) is 0 Å². The van der Waals surface area contributed by atoms with E-state index < -0.39 is 13.0 Å². The van der Waals surface area contributed by atoms with Gasteiger partial charge in [0.25, 0.3) is 0 Å². The Balaban J connectivity index is 1.28. The van der Waals surface area contributed by atoms with Gasteiger partial charge in [0, 0.05) is 5.92 Å². The maximum absolute atomic E-state index is 12.8. The molecule has 0 spiro atoms. The number of cyclic esters (lactones) is 1. The molecule has 0 amide bonds. The second-order valence-electron chi connectivity index (χ2n) is 9.82. The normalized spacial score (nSPS) is 17.7. The minimum absolute atomic E-state index is 0.0747. The van der Waals surface area contributed by atoms with E-state index in [4.69, 9.17) is 27.8 Å². The van der Waals surface area contributed by atoms with Crippen LogP contribution in [-0.4, -0.2) is 26.7 Å². The van der Waals surface area contributed by atoms with Crippen LogP contribution in [0.15, 0.2) is 97.1 Å². The fraction of sp³-hybridized carbons (Fsp3) is 0.265. The molecule has 6 nitrogen and oxygen atoms in total. The Morgan fingerprint density at radius 1 is 0.700 bits per heavy atom. The molecule has 1 aliphatic heterocycles. The number of hydrogen-bond donors (Lipinski definition) is 0. The van der Waals surface area contributed by atoms with Gasteiger partial charge < -0.3 is 23.7 Å². The van der Waals surface area contributed by atoms with E-state index in [1.807, 2.05) is 84.9 Å². The Labute approximate surface area is 239 Å². The quantitative estimate of drug-likeness (QED) is 0.193. The smallest absolute Gasteiger partial charge is 0.309 e. The molecule has 0 N–H and O–H groups in total. The topological polar surface area (TPSA) is 63.2 Å². The largest absolute Gasteiger partial charge is 0.493 e. The van der Waals surface area contributed by atoms with Gasteiger partial charge in [-0.3, -0.25) is 4.79 Å². The maximum Gasteiger partial charge on any atom is 0.309 e. The Morgan fingerprint density at radius 3 is 1.80 bits per heavy atom. The molecule has 4 aromatic rings. The van der Waals surface area contributed by atoms with Gasteiger partial charge >= 0.3 is 5.97 Å². The molecule has 0 aliphatic carbocycles. The maximum atomic E-state index is 12.8. The zero-order valence-corrected chi connectivity index (χ0v) is 22.4. The average Bonchev–Trinajstić information content (AvgIpc) is 3.34. The van der Waals surface area contributed by atoms with E-state index in [2.05, 4.69) is 0 Å². The van der Waals surface area contributed by atoms with Gasteiger partial charge in [-0.1, -0.05) is 72.8 Å². The van der Waals surface area contributed by atoms with Crippen LogP contribution in [0.2, 0.25) is 0 Å². The van der Waals surface area contributed by atoms with Crippen molar-refractivity contribution in [3.05, 3.63) is 119 Å². The molecule has 0 bridgehead atoms. The summed E-state index contributed by atoms with van der Waals surface area (Å²) in [6, 6.07) is 30.4. The van der Waals surface area contributed by atoms with Crippen LogP contribution in [0.25, 0.3) is 0 Å². The zero-order chi connectivity index (χ0) is 30.2. The molecular weight excluding hydrogens is 504 g/mol. The number of esters is 1. The highest BCUT2D eigenvalue weighted by Crippen LogP contribution is 2.35. The summed E-state index contributed by atoms with van der Waals surface area (Å²) in [6.07, 6.45) is 0.970. The van der Waals surface area contributed by atoms with E-state index in [-0.39, 0.29) is 24.2 Å². The molecule has 4 aromatic carbocycles. The summed E-state index contributed by atoms with van der Waals surface area (Å²) in [6.45, 7) is 0.982. The Kier molecular flexibility index (Phi) is 7.66. The fourth-order valence-electron chi connectivity index (χ4n) is 4.92. The molecule has 0 saturated carbocycles. The highest BCUT2D eigenvalue weighted by Gasteiger charge is 2.37. The van der Waals surface area contributed by atoms with Gasteiger partial charge in [0.05, 0.1) is 30.8 Å². The van der Waals surface area contributed by atoms with Crippen LogP contribution in [0.4, 0.5) is 0 Å². The van der Waals surface area contributed by atoms with Gasteiger partial charge in [0.15, 0.2) is 23.0 Å². The van der Waals surface area contributed by atoms with E-state index in [1.54, 1.807) is 19.2 Å². The lowest BCUT2D eigenvalue weighted by Gasteiger charge is -2.18. The molecular formula is C34H34O6. The van der Waals surface area contributed by atoms with Crippen LogP contribution in [0, 0.1) is 11.8 Å². The van der Waals surface area contributed by atoms with Crippen molar-refractivity contribution in [3.63, 3.8) is 0 Å². The monoisotopic (exact) mass is 541 g/mol. The number of carbonyl (C=O) groups excluding carboxylic acids is 1. The summed E-state index contributed by atoms with van der Waals surface area (Å²) in [5.74, 6) is 0.922. The first-order chi connectivity index (χ1) is 20.8. The standard InChI is InChI=1S/C34H34O6/c1-36-32-19-26(13-15-30(32)38-21-24-9-5-3-6-10-24)17-28-23-40-34(35)29(28)18-27-14-16-31(33(20-27)37-2)39-22-25-11-7-4-8-12-25/h3-16,19-20,28-29H,17-18,21-23H2,1-2H3/i2D3. The zero-order valence-electron chi connectivity index (χ0n) is 25.4. The number of rotatable bonds is 12. The third-order valence-corrected chi connectivity index (χ3v) is 7.09. The predicted octanol–water partition coefficient (Wildman–Crippen LogP) is 6.44. The number of carbonyl (C=O) groups is 1. The van der Waals surface area contributed by atoms with Crippen molar-refractivity contribution in [1.29, 1.82) is 0 Å². The summed E-state index contributed by atoms with van der Waals surface area (Å²) in [5, 5.41) is 0. The van der Waals surface area contributed by atoms with Crippen molar-refractivity contribution in [3.8, 4) is 23.0 Å². The van der Waals surface area contributed by atoms with Crippen molar-refractivity contribution < 1.29 is 32.6 Å². The van der Waals surface area contributed by atoms with Crippen molar-refractivity contribution in [2.75, 3.05) is 20.8 Å². The van der Waals surface area contributed by atoms with Crippen LogP contribution >= 0.6 is 0 Å². The highest BCUT2D eigenvalue weighted by molar-refractivity contribution is 5.75. The SMILES string of the molecule is [2H]C([2H])([2H])Oc1cc(CC2C(=O)OCC2Cc2ccc(OCc3ccccc3)c(OC)c2)ccc1OCc1ccccc1. The summed E-state index contributed by atoms with van der Waals surface area (Å²) >= 11 is 0. The molecule has 0 radical (unpaired) electrons. The Hall–Kier alpha value is -4.45. The van der Waals surface area contributed by atoms with Crippen LogP contribution in [0.5, 0.6) is 23.0 Å². The third-order valence-electron chi connectivity index (χ3n) is 7.09. The summed E-state index contributed by atoms with van der Waals surface area (Å²) < 4.78 is 51.1. The van der Waals surface area contributed by atoms with Crippen molar-refractivity contribution in [2.24, 2.45) is 11.8 Å². The molecule has 1 saturated heterocycles. The lowest BCUT2D eigenvalue weighted by Crippen LogP contribution is -2.20. The van der Waals surface area contributed by atoms with Crippen LogP contribution in [0.3, 0.4) is 0 Å². The fourth-order valence-corrected chi connectivity index (χ4v) is 4.92. The second-order valence-corrected chi connectivity index (χ2v) is 9.82. The van der Waals surface area contributed by atoms with E-state index in [0.717, 1.165) is 22.3 Å². The van der Waals surface area contributed by atoms with E-state index in [9.17, 15) is 4.79 Å². The average molecular weight is 542 g/mol. The minimum atomic E-state index is -2.66. The highest BCUT2D eigenvalue weighted by atomic mass is 16.5. The van der Waals surface area contributed by atoms with E-state index >= 15 is 0 Å². The first-order valence-corrected chi connectivity index (χ1v) is 13.3. The van der Waals surface area contributed by atoms with Crippen molar-refractivity contribution in [2.45, 2.75) is 26.1 Å². The molecule has 0 aromatic heterocycles. The molecule has 1 heterocycles. The van der Waals surface area contributed by atoms with Gasteiger partial charge in [0.2, 0.25) is 0 Å². The van der Waals surface area contributed by atoms with Gasteiger partial charge in [-0.05, 0) is 59.4 Å². The molecule has 1 fully saturated rings. The lowest BCUT2D eigenvalue weighted by atomic mass is 9.85. The van der Waals surface area contributed by atoms with Gasteiger partial charge in [-0.15, -0.1) is 0 Å². The number of hydrogen-bond acceptors (Lipinski definition) is 6. The third kappa shape index (κ3) is 6.75. The van der Waals surface area contributed by atoms with Crippen LogP contribution in [0.1, 0.15) is 26.4 Å². The molecule has 2 unspecified atom stereocenters. The second kappa shape index (κ2) is 13.1. The lowest BCUT2D eigenvalue weighted by molar-refractivity contribution is -0.141. The van der Waals surface area contributed by atoms with E-state index in [0.29, 0.717) is 43.3 Å². The minimum Gasteiger partial charge on any atom is -0.493 e. The molecule has 6 heteroatoms. The Bertz CT molecular complexity index is 1510. The summed E-state index contributed by atoms with van der Waals surface area (Å²) in [5.41, 5.74) is 3.74. The number of methoxy groups -OCH3 is 2.